The first-order chi connectivity index (χ1) is 5.74. The van der Waals surface area contributed by atoms with Crippen LogP contribution < -0.4 is 11.1 Å². The van der Waals surface area contributed by atoms with Gasteiger partial charge in [0.2, 0.25) is 5.91 Å². The van der Waals surface area contributed by atoms with E-state index in [0.717, 1.165) is 18.7 Å². The molecule has 1 amide bonds. The number of carbonyl (C=O) groups excluding carboxylic acids is 1. The number of nitrogens with one attached hydrogen (secondary N) is 1. The van der Waals surface area contributed by atoms with Crippen LogP contribution in [0.4, 0.5) is 0 Å². The Bertz CT molecular complexity index is 196. The van der Waals surface area contributed by atoms with Gasteiger partial charge in [0.25, 0.3) is 0 Å². The quantitative estimate of drug-likeness (QED) is 0.455. The molecule has 1 aliphatic rings. The standard InChI is InChI=1S/C8H15N3O/c1-10-7(12)4-5-11-8(9)6-2-3-6/h6H,2-5H2,1H3,(H2,9,11)(H,10,12). The van der Waals surface area contributed by atoms with Crippen LogP contribution in [0, 0.1) is 5.92 Å². The van der Waals surface area contributed by atoms with Gasteiger partial charge in [-0.1, -0.05) is 0 Å². The molecule has 0 radical (unpaired) electrons. The fourth-order valence-electron chi connectivity index (χ4n) is 0.920. The lowest BCUT2D eigenvalue weighted by molar-refractivity contribution is -0.120. The zero-order chi connectivity index (χ0) is 8.97. The first-order valence-corrected chi connectivity index (χ1v) is 4.24. The third-order valence-corrected chi connectivity index (χ3v) is 1.91. The second kappa shape index (κ2) is 4.09. The smallest absolute Gasteiger partial charge is 0.221 e. The third-order valence-electron chi connectivity index (χ3n) is 1.91. The van der Waals surface area contributed by atoms with Crippen LogP contribution in [0.15, 0.2) is 4.99 Å². The molecule has 1 fully saturated rings. The topological polar surface area (TPSA) is 67.5 Å². The monoisotopic (exact) mass is 169 g/mol. The molecule has 0 atom stereocenters. The van der Waals surface area contributed by atoms with Gasteiger partial charge in [-0.2, -0.15) is 0 Å². The van der Waals surface area contributed by atoms with Crippen molar-refractivity contribution in [2.45, 2.75) is 19.3 Å². The van der Waals surface area contributed by atoms with E-state index in [1.54, 1.807) is 7.05 Å². The minimum Gasteiger partial charge on any atom is -0.387 e. The number of nitrogens with zero attached hydrogens (tertiary/aromatic N) is 1. The van der Waals surface area contributed by atoms with Gasteiger partial charge in [0.1, 0.15) is 0 Å². The number of hydrogen-bond donors (Lipinski definition) is 2. The maximum atomic E-state index is 10.8. The van der Waals surface area contributed by atoms with Gasteiger partial charge in [-0.15, -0.1) is 0 Å². The van der Waals surface area contributed by atoms with Gasteiger partial charge < -0.3 is 11.1 Å². The number of aliphatic imine (C=N–C) groups is 1. The lowest BCUT2D eigenvalue weighted by Gasteiger charge is -1.97. The van der Waals surface area contributed by atoms with E-state index < -0.39 is 0 Å². The van der Waals surface area contributed by atoms with Crippen LogP contribution in [0.25, 0.3) is 0 Å². The molecule has 0 saturated heterocycles. The van der Waals surface area contributed by atoms with Crippen LogP contribution in [-0.2, 0) is 4.79 Å². The molecule has 0 bridgehead atoms. The summed E-state index contributed by atoms with van der Waals surface area (Å²) in [5.74, 6) is 1.25. The molecule has 1 aliphatic carbocycles. The van der Waals surface area contributed by atoms with Gasteiger partial charge >= 0.3 is 0 Å². The van der Waals surface area contributed by atoms with Crippen molar-refractivity contribution in [3.63, 3.8) is 0 Å². The van der Waals surface area contributed by atoms with Crippen LogP contribution >= 0.6 is 0 Å². The summed E-state index contributed by atoms with van der Waals surface area (Å²) in [6.07, 6.45) is 2.76. The molecule has 68 valence electrons. The van der Waals surface area contributed by atoms with Crippen molar-refractivity contribution in [3.05, 3.63) is 0 Å². The van der Waals surface area contributed by atoms with E-state index in [2.05, 4.69) is 10.3 Å². The normalized spacial score (nSPS) is 17.6. The Labute approximate surface area is 72.2 Å². The number of rotatable bonds is 4. The minimum absolute atomic E-state index is 0.0161. The van der Waals surface area contributed by atoms with E-state index in [9.17, 15) is 4.79 Å². The van der Waals surface area contributed by atoms with Gasteiger partial charge in [-0.25, -0.2) is 0 Å². The molecular weight excluding hydrogens is 154 g/mol. The zero-order valence-corrected chi connectivity index (χ0v) is 7.34. The predicted molar refractivity (Wildman–Crippen MR) is 47.9 cm³/mol. The Morgan fingerprint density at radius 1 is 1.67 bits per heavy atom. The van der Waals surface area contributed by atoms with Crippen molar-refractivity contribution in [2.24, 2.45) is 16.6 Å². The Hall–Kier alpha value is -1.06. The van der Waals surface area contributed by atoms with Gasteiger partial charge in [-0.3, -0.25) is 9.79 Å². The fourth-order valence-corrected chi connectivity index (χ4v) is 0.920. The molecule has 4 nitrogen and oxygen atoms in total. The molecule has 0 aromatic heterocycles. The highest BCUT2D eigenvalue weighted by atomic mass is 16.1. The highest BCUT2D eigenvalue weighted by molar-refractivity contribution is 5.85. The number of carbonyl (C=O) groups is 1. The summed E-state index contributed by atoms with van der Waals surface area (Å²) in [6, 6.07) is 0. The van der Waals surface area contributed by atoms with E-state index >= 15 is 0 Å². The van der Waals surface area contributed by atoms with Crippen molar-refractivity contribution in [2.75, 3.05) is 13.6 Å². The Morgan fingerprint density at radius 2 is 2.33 bits per heavy atom. The highest BCUT2D eigenvalue weighted by Crippen LogP contribution is 2.28. The average Bonchev–Trinajstić information content (AvgIpc) is 2.86. The van der Waals surface area contributed by atoms with Gasteiger partial charge in [0.05, 0.1) is 5.84 Å². The van der Waals surface area contributed by atoms with E-state index in [1.807, 2.05) is 0 Å². The van der Waals surface area contributed by atoms with E-state index in [-0.39, 0.29) is 5.91 Å². The van der Waals surface area contributed by atoms with E-state index in [1.165, 1.54) is 0 Å². The van der Waals surface area contributed by atoms with Gasteiger partial charge in [0, 0.05) is 25.9 Å². The largest absolute Gasteiger partial charge is 0.387 e. The maximum absolute atomic E-state index is 10.8. The van der Waals surface area contributed by atoms with Crippen LogP contribution in [0.2, 0.25) is 0 Å². The van der Waals surface area contributed by atoms with E-state index in [0.29, 0.717) is 18.9 Å². The lowest BCUT2D eigenvalue weighted by atomic mass is 10.3. The van der Waals surface area contributed by atoms with Crippen LogP contribution in [0.1, 0.15) is 19.3 Å². The third kappa shape index (κ3) is 2.90. The number of nitrogens with two attached hydrogens (primary N) is 1. The number of amidine groups is 1. The Morgan fingerprint density at radius 3 is 2.83 bits per heavy atom. The molecule has 0 aromatic rings. The average molecular weight is 169 g/mol. The van der Waals surface area contributed by atoms with Crippen molar-refractivity contribution in [1.82, 2.24) is 5.32 Å². The minimum atomic E-state index is 0.0161. The first kappa shape index (κ1) is 9.03. The lowest BCUT2D eigenvalue weighted by Crippen LogP contribution is -2.20. The molecular formula is C8H15N3O. The summed E-state index contributed by atoms with van der Waals surface area (Å²) in [6.45, 7) is 0.516. The van der Waals surface area contributed by atoms with Gasteiger partial charge in [-0.05, 0) is 12.8 Å². The molecule has 4 heteroatoms. The first-order valence-electron chi connectivity index (χ1n) is 4.24. The van der Waals surface area contributed by atoms with Crippen LogP contribution in [0.3, 0.4) is 0 Å². The SMILES string of the molecule is CNC(=O)CCN=C(N)C1CC1. The van der Waals surface area contributed by atoms with Crippen molar-refractivity contribution in [1.29, 1.82) is 0 Å². The predicted octanol–water partition coefficient (Wildman–Crippen LogP) is -0.110. The zero-order valence-electron chi connectivity index (χ0n) is 7.34. The molecule has 0 aliphatic heterocycles. The summed E-state index contributed by atoms with van der Waals surface area (Å²) < 4.78 is 0. The molecule has 1 rings (SSSR count). The molecule has 0 heterocycles. The van der Waals surface area contributed by atoms with Crippen molar-refractivity contribution < 1.29 is 4.79 Å². The Kier molecular flexibility index (Phi) is 3.08. The second-order valence-electron chi connectivity index (χ2n) is 3.00. The number of hydrogen-bond acceptors (Lipinski definition) is 2. The van der Waals surface area contributed by atoms with E-state index in [4.69, 9.17) is 5.73 Å². The molecule has 0 aromatic carbocycles. The van der Waals surface area contributed by atoms with Crippen LogP contribution in [0.5, 0.6) is 0 Å². The Balaban J connectivity index is 2.14. The summed E-state index contributed by atoms with van der Waals surface area (Å²) in [5.41, 5.74) is 5.62. The molecule has 0 spiro atoms. The summed E-state index contributed by atoms with van der Waals surface area (Å²) in [4.78, 5) is 14.9. The molecule has 0 unspecified atom stereocenters. The fraction of sp³-hybridized carbons (Fsp3) is 0.750. The summed E-state index contributed by atoms with van der Waals surface area (Å²) in [7, 11) is 1.62. The molecule has 1 saturated carbocycles. The molecule has 12 heavy (non-hydrogen) atoms. The van der Waals surface area contributed by atoms with Crippen molar-refractivity contribution in [3.8, 4) is 0 Å². The summed E-state index contributed by atoms with van der Waals surface area (Å²) >= 11 is 0. The maximum Gasteiger partial charge on any atom is 0.221 e. The highest BCUT2D eigenvalue weighted by Gasteiger charge is 2.24. The van der Waals surface area contributed by atoms with Crippen molar-refractivity contribution >= 4 is 11.7 Å². The number of amides is 1. The molecule has 3 N–H and O–H groups in total. The van der Waals surface area contributed by atoms with Gasteiger partial charge in [0.15, 0.2) is 0 Å². The van der Waals surface area contributed by atoms with Crippen LogP contribution in [-0.4, -0.2) is 25.3 Å². The second-order valence-corrected chi connectivity index (χ2v) is 3.00. The summed E-state index contributed by atoms with van der Waals surface area (Å²) in [5, 5.41) is 2.53.